The molecule has 180 valence electrons. The smallest absolute Gasteiger partial charge is 0.521 e. The minimum Gasteiger partial charge on any atom is -0.521 e. The summed E-state index contributed by atoms with van der Waals surface area (Å²) < 4.78 is 13.7. The minimum atomic E-state index is -0.636. The van der Waals surface area contributed by atoms with Gasteiger partial charge in [-0.3, -0.25) is 0 Å². The van der Waals surface area contributed by atoms with Crippen molar-refractivity contribution in [3.05, 3.63) is 125 Å². The van der Waals surface area contributed by atoms with E-state index >= 15 is 0 Å². The third kappa shape index (κ3) is 4.11. The Hall–Kier alpha value is -4.24. The van der Waals surface area contributed by atoms with Gasteiger partial charge in [-0.05, 0) is 83.6 Å². The van der Waals surface area contributed by atoms with Crippen LogP contribution in [0, 0.1) is 27.7 Å². The molecule has 0 bridgehead atoms. The molecule has 2 nitrogen and oxygen atoms in total. The van der Waals surface area contributed by atoms with Gasteiger partial charge in [0.25, 0.3) is 0 Å². The maximum absolute atomic E-state index is 6.86. The van der Waals surface area contributed by atoms with E-state index in [9.17, 15) is 0 Å². The van der Waals surface area contributed by atoms with E-state index in [1.165, 1.54) is 32.8 Å². The highest BCUT2D eigenvalue weighted by atomic mass is 16.6. The molecule has 0 heterocycles. The van der Waals surface area contributed by atoms with Gasteiger partial charge in [0.1, 0.15) is 11.5 Å². The summed E-state index contributed by atoms with van der Waals surface area (Å²) in [4.78, 5) is 0. The van der Waals surface area contributed by atoms with Gasteiger partial charge in [0.15, 0.2) is 0 Å². The first kappa shape index (κ1) is 23.2. The quantitative estimate of drug-likeness (QED) is 0.231. The first-order valence-electron chi connectivity index (χ1n) is 12.8. The highest BCUT2D eigenvalue weighted by molar-refractivity contribution is 6.66. The zero-order valence-electron chi connectivity index (χ0n) is 21.7. The van der Waals surface area contributed by atoms with E-state index in [1.807, 2.05) is 0 Å². The predicted octanol–water partition coefficient (Wildman–Crippen LogP) is 8.23. The topological polar surface area (TPSA) is 18.5 Å². The number of rotatable bonds is 5. The second-order valence-corrected chi connectivity index (χ2v) is 9.89. The van der Waals surface area contributed by atoms with Gasteiger partial charge in [-0.25, -0.2) is 0 Å². The molecule has 6 aromatic carbocycles. The van der Waals surface area contributed by atoms with Crippen LogP contribution in [0.4, 0.5) is 0 Å². The Labute approximate surface area is 218 Å². The summed E-state index contributed by atoms with van der Waals surface area (Å²) in [5.74, 6) is 1.62. The van der Waals surface area contributed by atoms with Crippen molar-refractivity contribution in [3.63, 3.8) is 0 Å². The van der Waals surface area contributed by atoms with Crippen LogP contribution in [0.3, 0.4) is 0 Å². The molecule has 37 heavy (non-hydrogen) atoms. The molecular weight excluding hydrogens is 451 g/mol. The Balaban J connectivity index is 1.57. The van der Waals surface area contributed by atoms with Crippen LogP contribution in [0.2, 0.25) is 0 Å². The summed E-state index contributed by atoms with van der Waals surface area (Å²) >= 11 is 0. The standard InChI is InChI=1S/C34H29BO2/c1-22-17-19-32(29-14-8-5-11-26(22)29)36-35(34-25(4)21-24(3)28-13-7-10-16-31(28)34)37-33-20-18-23(2)27-12-6-9-15-30(27)33/h5-21H,1-4H3. The molecule has 0 fully saturated rings. The second-order valence-electron chi connectivity index (χ2n) is 9.89. The third-order valence-electron chi connectivity index (χ3n) is 7.41. The van der Waals surface area contributed by atoms with E-state index in [-0.39, 0.29) is 0 Å². The van der Waals surface area contributed by atoms with Crippen molar-refractivity contribution in [1.82, 2.24) is 0 Å². The summed E-state index contributed by atoms with van der Waals surface area (Å²) in [6.45, 7) is 8.58. The molecule has 0 saturated heterocycles. The molecule has 0 aliphatic heterocycles. The van der Waals surface area contributed by atoms with Crippen LogP contribution in [-0.4, -0.2) is 7.12 Å². The van der Waals surface area contributed by atoms with Gasteiger partial charge in [0.05, 0.1) is 0 Å². The van der Waals surface area contributed by atoms with Gasteiger partial charge >= 0.3 is 7.12 Å². The molecule has 6 aromatic rings. The zero-order valence-corrected chi connectivity index (χ0v) is 21.7. The number of hydrogen-bond acceptors (Lipinski definition) is 2. The normalized spacial score (nSPS) is 11.2. The first-order chi connectivity index (χ1) is 18.0. The molecule has 0 spiro atoms. The molecule has 0 N–H and O–H groups in total. The number of hydrogen-bond donors (Lipinski definition) is 0. The van der Waals surface area contributed by atoms with Crippen molar-refractivity contribution in [3.8, 4) is 11.5 Å². The van der Waals surface area contributed by atoms with E-state index in [0.29, 0.717) is 0 Å². The second kappa shape index (κ2) is 9.33. The SMILES string of the molecule is Cc1cc(C)c2ccccc2c1B(Oc1ccc(C)c2ccccc12)Oc1ccc(C)c2ccccc12. The van der Waals surface area contributed by atoms with E-state index < -0.39 is 7.12 Å². The van der Waals surface area contributed by atoms with E-state index in [4.69, 9.17) is 9.31 Å². The molecule has 0 atom stereocenters. The summed E-state index contributed by atoms with van der Waals surface area (Å²) in [6, 6.07) is 35.9. The van der Waals surface area contributed by atoms with Gasteiger partial charge in [0.2, 0.25) is 0 Å². The molecule has 0 aromatic heterocycles. The summed E-state index contributed by atoms with van der Waals surface area (Å²) in [5, 5.41) is 6.90. The van der Waals surface area contributed by atoms with Crippen LogP contribution in [0.15, 0.2) is 103 Å². The van der Waals surface area contributed by atoms with Gasteiger partial charge in [-0.15, -0.1) is 0 Å². The first-order valence-corrected chi connectivity index (χ1v) is 12.8. The Morgan fingerprint density at radius 2 is 0.811 bits per heavy atom. The monoisotopic (exact) mass is 480 g/mol. The van der Waals surface area contributed by atoms with Crippen LogP contribution in [0.25, 0.3) is 32.3 Å². The lowest BCUT2D eigenvalue weighted by molar-refractivity contribution is 0.445. The summed E-state index contributed by atoms with van der Waals surface area (Å²) in [6.07, 6.45) is 0. The number of aryl methyl sites for hydroxylation is 4. The molecule has 0 unspecified atom stereocenters. The fourth-order valence-corrected chi connectivity index (χ4v) is 5.49. The number of fused-ring (bicyclic) bond motifs is 3. The van der Waals surface area contributed by atoms with Crippen molar-refractivity contribution in [2.24, 2.45) is 0 Å². The molecule has 0 amide bonds. The lowest BCUT2D eigenvalue weighted by Gasteiger charge is -2.23. The lowest BCUT2D eigenvalue weighted by Crippen LogP contribution is -2.44. The highest BCUT2D eigenvalue weighted by Gasteiger charge is 2.32. The van der Waals surface area contributed by atoms with Gasteiger partial charge in [-0.2, -0.15) is 0 Å². The Morgan fingerprint density at radius 1 is 0.405 bits per heavy atom. The van der Waals surface area contributed by atoms with Crippen molar-refractivity contribution in [2.75, 3.05) is 0 Å². The Bertz CT molecular complexity index is 1700. The predicted molar refractivity (Wildman–Crippen MR) is 157 cm³/mol. The molecule has 0 aliphatic rings. The maximum Gasteiger partial charge on any atom is 0.633 e. The summed E-state index contributed by atoms with van der Waals surface area (Å²) in [5.41, 5.74) is 5.89. The fourth-order valence-electron chi connectivity index (χ4n) is 5.49. The minimum absolute atomic E-state index is 0.636. The Morgan fingerprint density at radius 3 is 1.30 bits per heavy atom. The van der Waals surface area contributed by atoms with Crippen LogP contribution in [-0.2, 0) is 0 Å². The van der Waals surface area contributed by atoms with E-state index in [1.54, 1.807) is 0 Å². The van der Waals surface area contributed by atoms with E-state index in [2.05, 4.69) is 131 Å². The van der Waals surface area contributed by atoms with Crippen LogP contribution < -0.4 is 14.8 Å². The van der Waals surface area contributed by atoms with Crippen LogP contribution >= 0.6 is 0 Å². The van der Waals surface area contributed by atoms with Crippen molar-refractivity contribution in [2.45, 2.75) is 27.7 Å². The molecule has 0 saturated carbocycles. The molecule has 0 radical (unpaired) electrons. The molecular formula is C34H29BO2. The maximum atomic E-state index is 6.86. The molecule has 3 heteroatoms. The molecule has 0 aliphatic carbocycles. The van der Waals surface area contributed by atoms with Crippen molar-refractivity contribution >= 4 is 44.9 Å². The largest absolute Gasteiger partial charge is 0.633 e. The van der Waals surface area contributed by atoms with Crippen molar-refractivity contribution < 1.29 is 9.31 Å². The average Bonchev–Trinajstić information content (AvgIpc) is 2.92. The van der Waals surface area contributed by atoms with Crippen LogP contribution in [0.5, 0.6) is 11.5 Å². The summed E-state index contributed by atoms with van der Waals surface area (Å²) in [7, 11) is -0.636. The Kier molecular flexibility index (Phi) is 5.85. The average molecular weight is 480 g/mol. The zero-order chi connectivity index (χ0) is 25.5. The van der Waals surface area contributed by atoms with Crippen LogP contribution in [0.1, 0.15) is 22.3 Å². The van der Waals surface area contributed by atoms with Gasteiger partial charge in [0, 0.05) is 16.2 Å². The van der Waals surface area contributed by atoms with E-state index in [0.717, 1.165) is 38.7 Å². The highest BCUT2D eigenvalue weighted by Crippen LogP contribution is 2.32. The third-order valence-corrected chi connectivity index (χ3v) is 7.41. The van der Waals surface area contributed by atoms with Crippen molar-refractivity contribution in [1.29, 1.82) is 0 Å². The lowest BCUT2D eigenvalue weighted by atomic mass is 9.72. The fraction of sp³-hybridized carbons (Fsp3) is 0.118. The van der Waals surface area contributed by atoms with Gasteiger partial charge in [-0.1, -0.05) is 91.0 Å². The molecule has 6 rings (SSSR count). The van der Waals surface area contributed by atoms with Gasteiger partial charge < -0.3 is 9.31 Å². The number of benzene rings is 6.